The average Bonchev–Trinajstić information content (AvgIpc) is 2.72. The van der Waals surface area contributed by atoms with Gasteiger partial charge < -0.3 is 9.73 Å². The molecular formula is C13H20BrNO. The number of rotatable bonds is 5. The predicted octanol–water partition coefficient (Wildman–Crippen LogP) is 3.75. The molecule has 0 spiro atoms. The van der Waals surface area contributed by atoms with Crippen molar-refractivity contribution in [3.8, 4) is 0 Å². The Labute approximate surface area is 106 Å². The van der Waals surface area contributed by atoms with E-state index in [1.807, 2.05) is 12.1 Å². The molecule has 0 saturated heterocycles. The zero-order chi connectivity index (χ0) is 11.2. The van der Waals surface area contributed by atoms with E-state index in [0.717, 1.165) is 29.3 Å². The first-order valence-electron chi connectivity index (χ1n) is 6.29. The van der Waals surface area contributed by atoms with Crippen LogP contribution in [-0.4, -0.2) is 13.1 Å². The lowest BCUT2D eigenvalue weighted by molar-refractivity contribution is 0.341. The van der Waals surface area contributed by atoms with E-state index >= 15 is 0 Å². The fourth-order valence-corrected chi connectivity index (χ4v) is 2.74. The minimum Gasteiger partial charge on any atom is -0.454 e. The van der Waals surface area contributed by atoms with Gasteiger partial charge in [0.15, 0.2) is 4.67 Å². The first-order chi connectivity index (χ1) is 7.84. The first kappa shape index (κ1) is 12.2. The zero-order valence-electron chi connectivity index (χ0n) is 9.68. The quantitative estimate of drug-likeness (QED) is 0.834. The molecule has 1 heterocycles. The lowest BCUT2D eigenvalue weighted by Crippen LogP contribution is -2.26. The van der Waals surface area contributed by atoms with Crippen LogP contribution in [0, 0.1) is 5.92 Å². The molecule has 1 aromatic rings. The molecule has 0 aliphatic heterocycles. The second kappa shape index (κ2) is 6.45. The molecular weight excluding hydrogens is 266 g/mol. The van der Waals surface area contributed by atoms with Crippen LogP contribution < -0.4 is 5.32 Å². The van der Waals surface area contributed by atoms with E-state index in [4.69, 9.17) is 4.42 Å². The van der Waals surface area contributed by atoms with Crippen molar-refractivity contribution in [1.29, 1.82) is 0 Å². The maximum absolute atomic E-state index is 5.45. The smallest absolute Gasteiger partial charge is 0.169 e. The SMILES string of the molecule is Brc1ccc(CCNCC2CCCCC2)o1. The van der Waals surface area contributed by atoms with Gasteiger partial charge in [-0.3, -0.25) is 0 Å². The molecule has 0 atom stereocenters. The van der Waals surface area contributed by atoms with Crippen molar-refractivity contribution in [2.24, 2.45) is 5.92 Å². The van der Waals surface area contributed by atoms with Crippen molar-refractivity contribution in [3.05, 3.63) is 22.6 Å². The molecule has 3 heteroatoms. The van der Waals surface area contributed by atoms with Crippen molar-refractivity contribution in [2.45, 2.75) is 38.5 Å². The average molecular weight is 286 g/mol. The van der Waals surface area contributed by atoms with E-state index in [2.05, 4.69) is 21.2 Å². The first-order valence-corrected chi connectivity index (χ1v) is 7.09. The molecule has 90 valence electrons. The van der Waals surface area contributed by atoms with Crippen molar-refractivity contribution in [1.82, 2.24) is 5.32 Å². The summed E-state index contributed by atoms with van der Waals surface area (Å²) in [6, 6.07) is 3.99. The van der Waals surface area contributed by atoms with Crippen LogP contribution in [0.2, 0.25) is 0 Å². The Morgan fingerprint density at radius 1 is 1.25 bits per heavy atom. The van der Waals surface area contributed by atoms with Crippen LogP contribution in [-0.2, 0) is 6.42 Å². The monoisotopic (exact) mass is 285 g/mol. The third-order valence-electron chi connectivity index (χ3n) is 3.33. The highest BCUT2D eigenvalue weighted by Gasteiger charge is 2.12. The van der Waals surface area contributed by atoms with Crippen LogP contribution in [0.15, 0.2) is 21.2 Å². The summed E-state index contributed by atoms with van der Waals surface area (Å²) >= 11 is 3.32. The van der Waals surface area contributed by atoms with Gasteiger partial charge >= 0.3 is 0 Å². The van der Waals surface area contributed by atoms with E-state index in [1.165, 1.54) is 38.6 Å². The van der Waals surface area contributed by atoms with Crippen LogP contribution in [0.3, 0.4) is 0 Å². The molecule has 1 saturated carbocycles. The highest BCUT2D eigenvalue weighted by molar-refractivity contribution is 9.10. The minimum absolute atomic E-state index is 0.829. The molecule has 1 aliphatic carbocycles. The maximum Gasteiger partial charge on any atom is 0.169 e. The number of halogens is 1. The highest BCUT2D eigenvalue weighted by Crippen LogP contribution is 2.22. The van der Waals surface area contributed by atoms with Crippen LogP contribution in [0.1, 0.15) is 37.9 Å². The third kappa shape index (κ3) is 3.95. The topological polar surface area (TPSA) is 25.2 Å². The fraction of sp³-hybridized carbons (Fsp3) is 0.692. The second-order valence-electron chi connectivity index (χ2n) is 4.66. The number of furan rings is 1. The number of hydrogen-bond acceptors (Lipinski definition) is 2. The molecule has 0 bridgehead atoms. The van der Waals surface area contributed by atoms with Crippen molar-refractivity contribution in [2.75, 3.05) is 13.1 Å². The second-order valence-corrected chi connectivity index (χ2v) is 5.45. The van der Waals surface area contributed by atoms with E-state index < -0.39 is 0 Å². The molecule has 0 unspecified atom stereocenters. The summed E-state index contributed by atoms with van der Waals surface area (Å²) in [6.07, 6.45) is 8.11. The zero-order valence-corrected chi connectivity index (χ0v) is 11.3. The Bertz CT molecular complexity index is 305. The molecule has 1 fully saturated rings. The predicted molar refractivity (Wildman–Crippen MR) is 69.6 cm³/mol. The van der Waals surface area contributed by atoms with Crippen molar-refractivity contribution < 1.29 is 4.42 Å². The van der Waals surface area contributed by atoms with Gasteiger partial charge in [0.05, 0.1) is 0 Å². The third-order valence-corrected chi connectivity index (χ3v) is 3.76. The minimum atomic E-state index is 0.829. The summed E-state index contributed by atoms with van der Waals surface area (Å²) in [5.74, 6) is 1.97. The largest absolute Gasteiger partial charge is 0.454 e. The fourth-order valence-electron chi connectivity index (χ4n) is 2.40. The van der Waals surface area contributed by atoms with Gasteiger partial charge in [-0.15, -0.1) is 0 Å². The summed E-state index contributed by atoms with van der Waals surface area (Å²) in [6.45, 7) is 2.21. The van der Waals surface area contributed by atoms with Gasteiger partial charge in [-0.2, -0.15) is 0 Å². The maximum atomic E-state index is 5.45. The van der Waals surface area contributed by atoms with Gasteiger partial charge in [0.1, 0.15) is 5.76 Å². The van der Waals surface area contributed by atoms with Crippen molar-refractivity contribution in [3.63, 3.8) is 0 Å². The molecule has 2 nitrogen and oxygen atoms in total. The molecule has 1 N–H and O–H groups in total. The summed E-state index contributed by atoms with van der Waals surface area (Å²) in [5.41, 5.74) is 0. The molecule has 1 aromatic heterocycles. The Hall–Kier alpha value is -0.280. The standard InChI is InChI=1S/C13H20BrNO/c14-13-7-6-12(16-13)8-9-15-10-11-4-2-1-3-5-11/h6-7,11,15H,1-5,8-10H2. The van der Waals surface area contributed by atoms with E-state index in [-0.39, 0.29) is 0 Å². The van der Waals surface area contributed by atoms with E-state index in [1.54, 1.807) is 0 Å². The molecule has 2 rings (SSSR count). The molecule has 16 heavy (non-hydrogen) atoms. The Morgan fingerprint density at radius 3 is 2.75 bits per heavy atom. The molecule has 1 aliphatic rings. The van der Waals surface area contributed by atoms with Gasteiger partial charge in [0.2, 0.25) is 0 Å². The van der Waals surface area contributed by atoms with Gasteiger partial charge in [0.25, 0.3) is 0 Å². The lowest BCUT2D eigenvalue weighted by Gasteiger charge is -2.21. The van der Waals surface area contributed by atoms with Crippen LogP contribution >= 0.6 is 15.9 Å². The summed E-state index contributed by atoms with van der Waals surface area (Å²) < 4.78 is 6.28. The highest BCUT2D eigenvalue weighted by atomic mass is 79.9. The normalized spacial score (nSPS) is 17.8. The van der Waals surface area contributed by atoms with Crippen LogP contribution in [0.4, 0.5) is 0 Å². The number of nitrogens with one attached hydrogen (secondary N) is 1. The van der Waals surface area contributed by atoms with Crippen LogP contribution in [0.25, 0.3) is 0 Å². The van der Waals surface area contributed by atoms with Gasteiger partial charge in [-0.25, -0.2) is 0 Å². The Kier molecular flexibility index (Phi) is 4.91. The molecule has 0 radical (unpaired) electrons. The lowest BCUT2D eigenvalue weighted by atomic mass is 9.89. The van der Waals surface area contributed by atoms with Crippen molar-refractivity contribution >= 4 is 15.9 Å². The summed E-state index contributed by atoms with van der Waals surface area (Å²) in [4.78, 5) is 0. The molecule has 0 aromatic carbocycles. The Balaban J connectivity index is 1.57. The van der Waals surface area contributed by atoms with Gasteiger partial charge in [-0.1, -0.05) is 19.3 Å². The van der Waals surface area contributed by atoms with Gasteiger partial charge in [-0.05, 0) is 53.4 Å². The molecule has 0 amide bonds. The van der Waals surface area contributed by atoms with Crippen LogP contribution in [0.5, 0.6) is 0 Å². The Morgan fingerprint density at radius 2 is 2.06 bits per heavy atom. The summed E-state index contributed by atoms with van der Waals surface area (Å²) in [7, 11) is 0. The summed E-state index contributed by atoms with van der Waals surface area (Å²) in [5, 5.41) is 3.54. The van der Waals surface area contributed by atoms with Gasteiger partial charge in [0, 0.05) is 13.0 Å². The number of hydrogen-bond donors (Lipinski definition) is 1. The van der Waals surface area contributed by atoms with E-state index in [9.17, 15) is 0 Å². The van der Waals surface area contributed by atoms with E-state index in [0.29, 0.717) is 0 Å².